The topological polar surface area (TPSA) is 46.5 Å². The second-order valence-corrected chi connectivity index (χ2v) is 3.21. The average molecular weight is 170 g/mol. The van der Waals surface area contributed by atoms with Crippen molar-refractivity contribution < 1.29 is 14.6 Å². The Labute approximate surface area is 72.0 Å². The fourth-order valence-corrected chi connectivity index (χ4v) is 1.29. The van der Waals surface area contributed by atoms with E-state index in [1.165, 1.54) is 7.11 Å². The average Bonchev–Trinajstić information content (AvgIpc) is 2.08. The standard InChI is InChI=1S/C9H14O3/c1-6-3-4-7(5-8(6)10)9(11)12-2/h4,6,8,10H,3,5H2,1-2H3/t6-,8-/m1/s1. The van der Waals surface area contributed by atoms with Gasteiger partial charge in [-0.3, -0.25) is 0 Å². The van der Waals surface area contributed by atoms with Gasteiger partial charge in [0.15, 0.2) is 0 Å². The van der Waals surface area contributed by atoms with Crippen molar-refractivity contribution in [1.29, 1.82) is 0 Å². The number of hydrogen-bond donors (Lipinski definition) is 1. The number of allylic oxidation sites excluding steroid dienone is 1. The monoisotopic (exact) mass is 170 g/mol. The smallest absolute Gasteiger partial charge is 0.333 e. The predicted molar refractivity (Wildman–Crippen MR) is 44.5 cm³/mol. The number of aliphatic hydroxyl groups excluding tert-OH is 1. The molecule has 0 saturated heterocycles. The second-order valence-electron chi connectivity index (χ2n) is 3.21. The van der Waals surface area contributed by atoms with Gasteiger partial charge in [0.2, 0.25) is 0 Å². The van der Waals surface area contributed by atoms with Gasteiger partial charge in [-0.1, -0.05) is 13.0 Å². The Kier molecular flexibility index (Phi) is 2.87. The van der Waals surface area contributed by atoms with Crippen molar-refractivity contribution in [1.82, 2.24) is 0 Å². The summed E-state index contributed by atoms with van der Waals surface area (Å²) in [6, 6.07) is 0. The Bertz CT molecular complexity index is 208. The zero-order valence-electron chi connectivity index (χ0n) is 7.41. The zero-order valence-corrected chi connectivity index (χ0v) is 7.41. The molecule has 1 rings (SSSR count). The van der Waals surface area contributed by atoms with Gasteiger partial charge in [-0.25, -0.2) is 4.79 Å². The molecule has 12 heavy (non-hydrogen) atoms. The lowest BCUT2D eigenvalue weighted by atomic mass is 9.88. The van der Waals surface area contributed by atoms with Gasteiger partial charge >= 0.3 is 5.97 Å². The first-order valence-corrected chi connectivity index (χ1v) is 4.10. The van der Waals surface area contributed by atoms with Crippen molar-refractivity contribution in [3.63, 3.8) is 0 Å². The molecule has 0 heterocycles. The van der Waals surface area contributed by atoms with Crippen molar-refractivity contribution in [3.8, 4) is 0 Å². The molecule has 2 atom stereocenters. The molecule has 1 aliphatic carbocycles. The van der Waals surface area contributed by atoms with Crippen LogP contribution in [0.3, 0.4) is 0 Å². The first-order valence-electron chi connectivity index (χ1n) is 4.10. The largest absolute Gasteiger partial charge is 0.466 e. The Morgan fingerprint density at radius 3 is 2.92 bits per heavy atom. The van der Waals surface area contributed by atoms with E-state index in [9.17, 15) is 9.90 Å². The minimum Gasteiger partial charge on any atom is -0.466 e. The van der Waals surface area contributed by atoms with Crippen molar-refractivity contribution in [3.05, 3.63) is 11.6 Å². The summed E-state index contributed by atoms with van der Waals surface area (Å²) in [6.45, 7) is 1.97. The van der Waals surface area contributed by atoms with Crippen LogP contribution in [0.4, 0.5) is 0 Å². The Hall–Kier alpha value is -0.830. The van der Waals surface area contributed by atoms with Gasteiger partial charge in [-0.05, 0) is 12.3 Å². The van der Waals surface area contributed by atoms with E-state index in [-0.39, 0.29) is 11.9 Å². The second kappa shape index (κ2) is 3.72. The molecule has 1 N–H and O–H groups in total. The number of rotatable bonds is 1. The summed E-state index contributed by atoms with van der Waals surface area (Å²) >= 11 is 0. The van der Waals surface area contributed by atoms with Gasteiger partial charge in [0.05, 0.1) is 13.2 Å². The number of hydrogen-bond acceptors (Lipinski definition) is 3. The van der Waals surface area contributed by atoms with Crippen molar-refractivity contribution in [2.45, 2.75) is 25.9 Å². The summed E-state index contributed by atoms with van der Waals surface area (Å²) in [5, 5.41) is 9.44. The van der Waals surface area contributed by atoms with E-state index in [1.54, 1.807) is 0 Å². The molecule has 0 aromatic rings. The molecule has 0 fully saturated rings. The van der Waals surface area contributed by atoms with Gasteiger partial charge in [-0.15, -0.1) is 0 Å². The van der Waals surface area contributed by atoms with E-state index >= 15 is 0 Å². The maximum Gasteiger partial charge on any atom is 0.333 e. The molecular weight excluding hydrogens is 156 g/mol. The highest BCUT2D eigenvalue weighted by atomic mass is 16.5. The van der Waals surface area contributed by atoms with Crippen molar-refractivity contribution in [2.24, 2.45) is 5.92 Å². The predicted octanol–water partition coefficient (Wildman–Crippen LogP) is 0.877. The number of carbonyl (C=O) groups is 1. The van der Waals surface area contributed by atoms with E-state index in [0.29, 0.717) is 12.0 Å². The zero-order chi connectivity index (χ0) is 9.14. The number of methoxy groups -OCH3 is 1. The molecule has 0 aromatic carbocycles. The van der Waals surface area contributed by atoms with Crippen LogP contribution in [0.1, 0.15) is 19.8 Å². The maximum absolute atomic E-state index is 11.0. The van der Waals surface area contributed by atoms with Crippen molar-refractivity contribution >= 4 is 5.97 Å². The van der Waals surface area contributed by atoms with E-state index in [2.05, 4.69) is 4.74 Å². The molecule has 0 unspecified atom stereocenters. The van der Waals surface area contributed by atoms with Crippen LogP contribution in [0.25, 0.3) is 0 Å². The molecule has 0 amide bonds. The number of esters is 1. The molecule has 0 spiro atoms. The molecule has 0 bridgehead atoms. The third-order valence-corrected chi connectivity index (χ3v) is 2.27. The van der Waals surface area contributed by atoms with Gasteiger partial charge in [0.25, 0.3) is 0 Å². The summed E-state index contributed by atoms with van der Waals surface area (Å²) in [5.41, 5.74) is 0.600. The summed E-state index contributed by atoms with van der Waals surface area (Å²) in [6.07, 6.45) is 2.63. The Balaban J connectivity index is 2.64. The van der Waals surface area contributed by atoms with Crippen LogP contribution in [-0.4, -0.2) is 24.3 Å². The Morgan fingerprint density at radius 2 is 2.42 bits per heavy atom. The van der Waals surface area contributed by atoms with E-state index in [4.69, 9.17) is 0 Å². The molecule has 68 valence electrons. The first kappa shape index (κ1) is 9.26. The molecular formula is C9H14O3. The van der Waals surface area contributed by atoms with Crippen LogP contribution in [0, 0.1) is 5.92 Å². The number of carbonyl (C=O) groups excluding carboxylic acids is 1. The van der Waals surface area contributed by atoms with Gasteiger partial charge in [0.1, 0.15) is 0 Å². The fourth-order valence-electron chi connectivity index (χ4n) is 1.29. The lowest BCUT2D eigenvalue weighted by Crippen LogP contribution is -2.24. The van der Waals surface area contributed by atoms with Crippen LogP contribution in [0.15, 0.2) is 11.6 Å². The van der Waals surface area contributed by atoms with Crippen molar-refractivity contribution in [2.75, 3.05) is 7.11 Å². The third-order valence-electron chi connectivity index (χ3n) is 2.27. The number of ether oxygens (including phenoxy) is 1. The highest BCUT2D eigenvalue weighted by Gasteiger charge is 2.23. The lowest BCUT2D eigenvalue weighted by Gasteiger charge is -2.22. The van der Waals surface area contributed by atoms with Crippen LogP contribution >= 0.6 is 0 Å². The van der Waals surface area contributed by atoms with E-state index in [1.807, 2.05) is 13.0 Å². The molecule has 3 heteroatoms. The quantitative estimate of drug-likeness (QED) is 0.594. The van der Waals surface area contributed by atoms with Crippen LogP contribution in [0.5, 0.6) is 0 Å². The minimum absolute atomic E-state index is 0.249. The lowest BCUT2D eigenvalue weighted by molar-refractivity contribution is -0.136. The molecule has 0 aliphatic heterocycles. The fraction of sp³-hybridized carbons (Fsp3) is 0.667. The van der Waals surface area contributed by atoms with Crippen LogP contribution in [0.2, 0.25) is 0 Å². The van der Waals surface area contributed by atoms with Gasteiger partial charge < -0.3 is 9.84 Å². The number of aliphatic hydroxyl groups is 1. The SMILES string of the molecule is COC(=O)C1=CC[C@@H](C)[C@H](O)C1. The molecule has 1 aliphatic rings. The van der Waals surface area contributed by atoms with Crippen LogP contribution in [-0.2, 0) is 9.53 Å². The van der Waals surface area contributed by atoms with E-state index in [0.717, 1.165) is 6.42 Å². The molecule has 3 nitrogen and oxygen atoms in total. The maximum atomic E-state index is 11.0. The highest BCUT2D eigenvalue weighted by Crippen LogP contribution is 2.23. The summed E-state index contributed by atoms with van der Waals surface area (Å²) in [5.74, 6) is -0.0700. The molecule has 0 radical (unpaired) electrons. The normalized spacial score (nSPS) is 29.4. The minimum atomic E-state index is -0.399. The summed E-state index contributed by atoms with van der Waals surface area (Å²) < 4.78 is 4.55. The summed E-state index contributed by atoms with van der Waals surface area (Å²) in [7, 11) is 1.35. The Morgan fingerprint density at radius 1 is 1.75 bits per heavy atom. The van der Waals surface area contributed by atoms with Crippen LogP contribution < -0.4 is 0 Å². The third kappa shape index (κ3) is 1.85. The molecule has 0 saturated carbocycles. The molecule has 0 aromatic heterocycles. The highest BCUT2D eigenvalue weighted by molar-refractivity contribution is 5.88. The van der Waals surface area contributed by atoms with Gasteiger partial charge in [-0.2, -0.15) is 0 Å². The first-order chi connectivity index (χ1) is 5.65. The summed E-state index contributed by atoms with van der Waals surface area (Å²) in [4.78, 5) is 11.0. The van der Waals surface area contributed by atoms with Gasteiger partial charge in [0, 0.05) is 12.0 Å². The van der Waals surface area contributed by atoms with E-state index < -0.39 is 6.10 Å².